The van der Waals surface area contributed by atoms with Crippen LogP contribution in [0.1, 0.15) is 32.1 Å². The van der Waals surface area contributed by atoms with Crippen LogP contribution in [0.15, 0.2) is 79.3 Å². The molecule has 5 aromatic rings. The number of aromatic nitrogens is 4. The van der Waals surface area contributed by atoms with E-state index in [1.165, 1.54) is 37.5 Å². The number of benzene rings is 2. The zero-order valence-electron chi connectivity index (χ0n) is 18.6. The summed E-state index contributed by atoms with van der Waals surface area (Å²) in [6.07, 6.45) is 10.2. The fraction of sp³-hybridized carbons (Fsp3) is 0.214. The zero-order chi connectivity index (χ0) is 22.2. The Bertz CT molecular complexity index is 1420. The van der Waals surface area contributed by atoms with E-state index in [-0.39, 0.29) is 0 Å². The highest BCUT2D eigenvalue weighted by Gasteiger charge is 2.17. The van der Waals surface area contributed by atoms with Gasteiger partial charge < -0.3 is 10.3 Å². The second-order valence-electron chi connectivity index (χ2n) is 9.05. The van der Waals surface area contributed by atoms with E-state index in [1.807, 2.05) is 18.5 Å². The smallest absolute Gasteiger partial charge is 0.116 e. The van der Waals surface area contributed by atoms with Crippen LogP contribution in [0.5, 0.6) is 0 Å². The van der Waals surface area contributed by atoms with Gasteiger partial charge in [0.25, 0.3) is 0 Å². The highest BCUT2D eigenvalue weighted by atomic mass is 15.1. The van der Waals surface area contributed by atoms with Gasteiger partial charge in [0.15, 0.2) is 0 Å². The molecule has 5 nitrogen and oxygen atoms in total. The molecule has 3 heterocycles. The van der Waals surface area contributed by atoms with Gasteiger partial charge in [0.05, 0.1) is 23.1 Å². The maximum Gasteiger partial charge on any atom is 0.116 e. The zero-order valence-corrected chi connectivity index (χ0v) is 18.6. The summed E-state index contributed by atoms with van der Waals surface area (Å²) in [6, 6.07) is 19.0. The van der Waals surface area contributed by atoms with Gasteiger partial charge in [0.2, 0.25) is 0 Å². The summed E-state index contributed by atoms with van der Waals surface area (Å²) >= 11 is 0. The monoisotopic (exact) mass is 433 g/mol. The summed E-state index contributed by atoms with van der Waals surface area (Å²) in [4.78, 5) is 8.00. The van der Waals surface area contributed by atoms with Crippen LogP contribution >= 0.6 is 0 Å². The molecule has 0 radical (unpaired) electrons. The van der Waals surface area contributed by atoms with E-state index in [0.717, 1.165) is 50.3 Å². The second kappa shape index (κ2) is 8.24. The fourth-order valence-corrected chi connectivity index (χ4v) is 5.00. The predicted octanol–water partition coefficient (Wildman–Crippen LogP) is 7.28. The molecule has 3 N–H and O–H groups in total. The lowest BCUT2D eigenvalue weighted by atomic mass is 9.87. The highest BCUT2D eigenvalue weighted by molar-refractivity contribution is 5.97. The largest absolute Gasteiger partial charge is 0.358 e. The lowest BCUT2D eigenvalue weighted by molar-refractivity contribution is 0.405. The Labute approximate surface area is 193 Å². The molecule has 2 aromatic carbocycles. The van der Waals surface area contributed by atoms with Crippen molar-refractivity contribution in [3.63, 3.8) is 0 Å². The van der Waals surface area contributed by atoms with Gasteiger partial charge in [-0.25, -0.2) is 0 Å². The van der Waals surface area contributed by atoms with Gasteiger partial charge in [-0.2, -0.15) is 5.10 Å². The van der Waals surface area contributed by atoms with Crippen molar-refractivity contribution in [2.75, 3.05) is 5.32 Å². The number of aromatic amines is 2. The van der Waals surface area contributed by atoms with Crippen LogP contribution in [-0.2, 0) is 0 Å². The van der Waals surface area contributed by atoms with Crippen molar-refractivity contribution in [2.24, 2.45) is 5.92 Å². The van der Waals surface area contributed by atoms with E-state index < -0.39 is 0 Å². The number of hydrogen-bond acceptors (Lipinski definition) is 3. The molecule has 0 saturated heterocycles. The molecule has 1 saturated carbocycles. The first-order valence-corrected chi connectivity index (χ1v) is 11.7. The number of H-pyrrole nitrogens is 2. The van der Waals surface area contributed by atoms with Crippen molar-refractivity contribution in [3.05, 3.63) is 79.3 Å². The van der Waals surface area contributed by atoms with Gasteiger partial charge in [-0.05, 0) is 54.7 Å². The van der Waals surface area contributed by atoms with Gasteiger partial charge >= 0.3 is 0 Å². The SMILES string of the molecule is C=C(Nc1cncc(-c2ccc3[nH]nc(-c4cc5ccccc5[nH]4)c3c2)c1)C1CCCCC1. The van der Waals surface area contributed by atoms with E-state index in [2.05, 4.69) is 80.6 Å². The predicted molar refractivity (Wildman–Crippen MR) is 136 cm³/mol. The third-order valence-electron chi connectivity index (χ3n) is 6.82. The van der Waals surface area contributed by atoms with Gasteiger partial charge in [0.1, 0.15) is 5.69 Å². The Morgan fingerprint density at radius 2 is 1.79 bits per heavy atom. The van der Waals surface area contributed by atoms with E-state index in [1.54, 1.807) is 0 Å². The van der Waals surface area contributed by atoms with Gasteiger partial charge in [-0.3, -0.25) is 10.1 Å². The molecule has 1 fully saturated rings. The average molecular weight is 434 g/mol. The molecule has 3 aromatic heterocycles. The van der Waals surface area contributed by atoms with Gasteiger partial charge in [0, 0.05) is 33.7 Å². The molecule has 0 amide bonds. The number of nitrogens with one attached hydrogen (secondary N) is 3. The number of anilines is 1. The number of hydrogen-bond donors (Lipinski definition) is 3. The minimum absolute atomic E-state index is 0.559. The number of allylic oxidation sites excluding steroid dienone is 1. The maximum absolute atomic E-state index is 4.61. The summed E-state index contributed by atoms with van der Waals surface area (Å²) in [7, 11) is 0. The first-order chi connectivity index (χ1) is 16.2. The summed E-state index contributed by atoms with van der Waals surface area (Å²) in [5, 5.41) is 13.6. The summed E-state index contributed by atoms with van der Waals surface area (Å²) < 4.78 is 0. The lowest BCUT2D eigenvalue weighted by Crippen LogP contribution is -2.14. The molecule has 0 atom stereocenters. The van der Waals surface area contributed by atoms with Crippen molar-refractivity contribution in [1.82, 2.24) is 20.2 Å². The van der Waals surface area contributed by atoms with Crippen molar-refractivity contribution in [1.29, 1.82) is 0 Å². The normalized spacial score (nSPS) is 14.7. The molecule has 0 bridgehead atoms. The molecular formula is C28H27N5. The van der Waals surface area contributed by atoms with Crippen LogP contribution < -0.4 is 5.32 Å². The van der Waals surface area contributed by atoms with Crippen LogP contribution in [0, 0.1) is 5.92 Å². The van der Waals surface area contributed by atoms with Crippen LogP contribution in [0.3, 0.4) is 0 Å². The molecule has 1 aliphatic rings. The lowest BCUT2D eigenvalue weighted by Gasteiger charge is -2.24. The Morgan fingerprint density at radius 1 is 0.909 bits per heavy atom. The number of para-hydroxylation sites is 1. The minimum Gasteiger partial charge on any atom is -0.358 e. The first kappa shape index (κ1) is 19.8. The Balaban J connectivity index is 1.32. The topological polar surface area (TPSA) is 69.4 Å². The van der Waals surface area contributed by atoms with Crippen LogP contribution in [-0.4, -0.2) is 20.2 Å². The summed E-state index contributed by atoms with van der Waals surface area (Å²) in [5.41, 5.74) is 8.35. The Kier molecular flexibility index (Phi) is 4.95. The fourth-order valence-electron chi connectivity index (χ4n) is 5.00. The van der Waals surface area contributed by atoms with E-state index in [9.17, 15) is 0 Å². The molecule has 1 aliphatic carbocycles. The standard InChI is InChI=1S/C28H27N5/c1-18(19-7-3-2-4-8-19)30-23-13-22(16-29-17-23)20-11-12-26-24(14-20)28(33-32-26)27-15-21-9-5-6-10-25(21)31-27/h5-6,9-17,19,30-31H,1-4,7-8H2,(H,32,33). The van der Waals surface area contributed by atoms with Crippen LogP contribution in [0.25, 0.3) is 44.3 Å². The van der Waals surface area contributed by atoms with Crippen molar-refractivity contribution < 1.29 is 0 Å². The number of pyridine rings is 1. The van der Waals surface area contributed by atoms with Crippen LogP contribution in [0.2, 0.25) is 0 Å². The summed E-state index contributed by atoms with van der Waals surface area (Å²) in [6.45, 7) is 4.32. The number of rotatable bonds is 5. The average Bonchev–Trinajstić information content (AvgIpc) is 3.48. The number of nitrogens with zero attached hydrogens (tertiary/aromatic N) is 2. The second-order valence-corrected chi connectivity index (χ2v) is 9.05. The van der Waals surface area contributed by atoms with Crippen molar-refractivity contribution in [3.8, 4) is 22.5 Å². The molecule has 0 spiro atoms. The molecule has 0 unspecified atom stereocenters. The van der Waals surface area contributed by atoms with E-state index in [0.29, 0.717) is 5.92 Å². The third-order valence-corrected chi connectivity index (χ3v) is 6.82. The Morgan fingerprint density at radius 3 is 2.67 bits per heavy atom. The minimum atomic E-state index is 0.559. The first-order valence-electron chi connectivity index (χ1n) is 11.7. The highest BCUT2D eigenvalue weighted by Crippen LogP contribution is 2.33. The van der Waals surface area contributed by atoms with E-state index in [4.69, 9.17) is 0 Å². The molecular weight excluding hydrogens is 406 g/mol. The van der Waals surface area contributed by atoms with E-state index >= 15 is 0 Å². The summed E-state index contributed by atoms with van der Waals surface area (Å²) in [5.74, 6) is 0.559. The van der Waals surface area contributed by atoms with Gasteiger partial charge in [-0.1, -0.05) is 50.1 Å². The molecule has 5 heteroatoms. The molecule has 164 valence electrons. The molecule has 33 heavy (non-hydrogen) atoms. The van der Waals surface area contributed by atoms with Crippen molar-refractivity contribution in [2.45, 2.75) is 32.1 Å². The molecule has 0 aliphatic heterocycles. The van der Waals surface area contributed by atoms with Crippen LogP contribution in [0.4, 0.5) is 5.69 Å². The maximum atomic E-state index is 4.61. The quantitative estimate of drug-likeness (QED) is 0.273. The number of fused-ring (bicyclic) bond motifs is 2. The van der Waals surface area contributed by atoms with Crippen molar-refractivity contribution >= 4 is 27.5 Å². The third kappa shape index (κ3) is 3.80. The molecule has 6 rings (SSSR count). The Hall–Kier alpha value is -3.86. The van der Waals surface area contributed by atoms with Gasteiger partial charge in [-0.15, -0.1) is 0 Å².